The van der Waals surface area contributed by atoms with Crippen molar-refractivity contribution in [3.63, 3.8) is 0 Å². The molecule has 0 atom stereocenters. The van der Waals surface area contributed by atoms with Crippen molar-refractivity contribution < 1.29 is 9.21 Å². The van der Waals surface area contributed by atoms with Gasteiger partial charge in [0.25, 0.3) is 0 Å². The first-order valence-electron chi connectivity index (χ1n) is 6.56. The summed E-state index contributed by atoms with van der Waals surface area (Å²) in [7, 11) is 3.83. The van der Waals surface area contributed by atoms with Gasteiger partial charge in [0.15, 0.2) is 0 Å². The molecule has 0 aliphatic carbocycles. The van der Waals surface area contributed by atoms with Crippen molar-refractivity contribution in [2.75, 3.05) is 19.0 Å². The molecule has 0 bridgehead atoms. The van der Waals surface area contributed by atoms with Crippen molar-refractivity contribution in [1.29, 1.82) is 0 Å². The maximum Gasteiger partial charge on any atom is 0.244 e. The SMILES string of the molecule is Cc1cc(N(C)C)nc(CNC(=O)/C=C/c2ccco2)n1. The fourth-order valence-corrected chi connectivity index (χ4v) is 1.69. The number of carbonyl (C=O) groups is 1. The Kier molecular flexibility index (Phi) is 4.71. The van der Waals surface area contributed by atoms with Gasteiger partial charge in [-0.2, -0.15) is 0 Å². The second-order valence-corrected chi connectivity index (χ2v) is 4.74. The number of amides is 1. The zero-order valence-corrected chi connectivity index (χ0v) is 12.3. The van der Waals surface area contributed by atoms with Crippen molar-refractivity contribution in [1.82, 2.24) is 15.3 Å². The quantitative estimate of drug-likeness (QED) is 0.848. The summed E-state index contributed by atoms with van der Waals surface area (Å²) in [5.74, 6) is 1.81. The van der Waals surface area contributed by atoms with Crippen LogP contribution in [0.1, 0.15) is 17.3 Å². The highest BCUT2D eigenvalue weighted by Crippen LogP contribution is 2.09. The Morgan fingerprint density at radius 2 is 2.24 bits per heavy atom. The zero-order chi connectivity index (χ0) is 15.2. The molecule has 0 saturated carbocycles. The van der Waals surface area contributed by atoms with Gasteiger partial charge in [0.05, 0.1) is 12.8 Å². The second kappa shape index (κ2) is 6.69. The van der Waals surface area contributed by atoms with Gasteiger partial charge in [-0.3, -0.25) is 4.79 Å². The van der Waals surface area contributed by atoms with Crippen LogP contribution in [0.5, 0.6) is 0 Å². The van der Waals surface area contributed by atoms with Crippen LogP contribution in [-0.4, -0.2) is 30.0 Å². The maximum absolute atomic E-state index is 11.7. The van der Waals surface area contributed by atoms with E-state index in [0.717, 1.165) is 11.5 Å². The third-order valence-electron chi connectivity index (χ3n) is 2.71. The lowest BCUT2D eigenvalue weighted by atomic mass is 10.3. The van der Waals surface area contributed by atoms with Gasteiger partial charge < -0.3 is 14.6 Å². The smallest absolute Gasteiger partial charge is 0.244 e. The van der Waals surface area contributed by atoms with Crippen LogP contribution in [0, 0.1) is 6.92 Å². The number of aromatic nitrogens is 2. The van der Waals surface area contributed by atoms with Gasteiger partial charge in [-0.1, -0.05) is 0 Å². The molecule has 21 heavy (non-hydrogen) atoms. The number of hydrogen-bond donors (Lipinski definition) is 1. The molecule has 1 N–H and O–H groups in total. The monoisotopic (exact) mass is 286 g/mol. The van der Waals surface area contributed by atoms with E-state index in [1.807, 2.05) is 32.0 Å². The van der Waals surface area contributed by atoms with Gasteiger partial charge in [-0.15, -0.1) is 0 Å². The van der Waals surface area contributed by atoms with Crippen LogP contribution in [0.2, 0.25) is 0 Å². The Bertz CT molecular complexity index is 633. The number of furan rings is 1. The molecule has 0 aromatic carbocycles. The summed E-state index contributed by atoms with van der Waals surface area (Å²) in [5, 5.41) is 2.74. The van der Waals surface area contributed by atoms with Crippen LogP contribution in [0.3, 0.4) is 0 Å². The van der Waals surface area contributed by atoms with Gasteiger partial charge in [0, 0.05) is 31.9 Å². The van der Waals surface area contributed by atoms with Gasteiger partial charge in [-0.05, 0) is 25.1 Å². The molecular formula is C15H18N4O2. The molecule has 0 unspecified atom stereocenters. The summed E-state index contributed by atoms with van der Waals surface area (Å²) in [6, 6.07) is 5.43. The molecular weight excluding hydrogens is 268 g/mol. The van der Waals surface area contributed by atoms with Gasteiger partial charge in [0.1, 0.15) is 17.4 Å². The molecule has 0 saturated heterocycles. The molecule has 0 spiro atoms. The summed E-state index contributed by atoms with van der Waals surface area (Å²) in [6.45, 7) is 2.18. The summed E-state index contributed by atoms with van der Waals surface area (Å²) in [6.07, 6.45) is 4.58. The number of nitrogens with one attached hydrogen (secondary N) is 1. The molecule has 1 amide bonds. The summed E-state index contributed by atoms with van der Waals surface area (Å²) >= 11 is 0. The van der Waals surface area contributed by atoms with Crippen LogP contribution in [-0.2, 0) is 11.3 Å². The van der Waals surface area contributed by atoms with E-state index in [9.17, 15) is 4.79 Å². The lowest BCUT2D eigenvalue weighted by molar-refractivity contribution is -0.116. The van der Waals surface area contributed by atoms with E-state index >= 15 is 0 Å². The Morgan fingerprint density at radius 1 is 1.43 bits per heavy atom. The van der Waals surface area contributed by atoms with E-state index in [-0.39, 0.29) is 12.5 Å². The number of rotatable bonds is 5. The number of nitrogens with zero attached hydrogens (tertiary/aromatic N) is 3. The largest absolute Gasteiger partial charge is 0.465 e. The zero-order valence-electron chi connectivity index (χ0n) is 12.3. The lowest BCUT2D eigenvalue weighted by Crippen LogP contribution is -2.22. The Labute approximate surface area is 123 Å². The predicted molar refractivity (Wildman–Crippen MR) is 80.7 cm³/mol. The van der Waals surface area contributed by atoms with E-state index < -0.39 is 0 Å². The number of carbonyl (C=O) groups excluding carboxylic acids is 1. The van der Waals surface area contributed by atoms with Crippen molar-refractivity contribution in [2.24, 2.45) is 0 Å². The standard InChI is InChI=1S/C15H18N4O2/c1-11-9-14(19(2)3)18-13(17-11)10-16-15(20)7-6-12-5-4-8-21-12/h4-9H,10H2,1-3H3,(H,16,20)/b7-6+. The first kappa shape index (κ1) is 14.8. The second-order valence-electron chi connectivity index (χ2n) is 4.74. The minimum atomic E-state index is -0.220. The van der Waals surface area contributed by atoms with Crippen LogP contribution in [0.15, 0.2) is 35.0 Å². The molecule has 6 nitrogen and oxygen atoms in total. The summed E-state index contributed by atoms with van der Waals surface area (Å²) < 4.78 is 5.11. The first-order chi connectivity index (χ1) is 10.0. The van der Waals surface area contributed by atoms with Crippen LogP contribution >= 0.6 is 0 Å². The first-order valence-corrected chi connectivity index (χ1v) is 6.56. The average molecular weight is 286 g/mol. The fourth-order valence-electron chi connectivity index (χ4n) is 1.69. The highest BCUT2D eigenvalue weighted by atomic mass is 16.3. The van der Waals surface area contributed by atoms with E-state index in [1.165, 1.54) is 6.08 Å². The van der Waals surface area contributed by atoms with Gasteiger partial charge in [-0.25, -0.2) is 9.97 Å². The summed E-state index contributed by atoms with van der Waals surface area (Å²) in [4.78, 5) is 22.3. The van der Waals surface area contributed by atoms with E-state index in [1.54, 1.807) is 24.5 Å². The highest BCUT2D eigenvalue weighted by Gasteiger charge is 2.05. The van der Waals surface area contributed by atoms with Crippen LogP contribution in [0.25, 0.3) is 6.08 Å². The number of aryl methyl sites for hydroxylation is 1. The molecule has 2 heterocycles. The molecule has 0 aliphatic rings. The lowest BCUT2D eigenvalue weighted by Gasteiger charge is -2.13. The molecule has 2 aromatic rings. The Hall–Kier alpha value is -2.63. The van der Waals surface area contributed by atoms with E-state index in [0.29, 0.717) is 11.6 Å². The average Bonchev–Trinajstić information content (AvgIpc) is 2.95. The molecule has 110 valence electrons. The third kappa shape index (κ3) is 4.45. The van der Waals surface area contributed by atoms with Gasteiger partial charge in [0.2, 0.25) is 5.91 Å². The predicted octanol–water partition coefficient (Wildman–Crippen LogP) is 1.77. The van der Waals surface area contributed by atoms with Gasteiger partial charge >= 0.3 is 0 Å². The Balaban J connectivity index is 1.95. The maximum atomic E-state index is 11.7. The number of anilines is 1. The minimum Gasteiger partial charge on any atom is -0.465 e. The van der Waals surface area contributed by atoms with Crippen LogP contribution < -0.4 is 10.2 Å². The minimum absolute atomic E-state index is 0.220. The molecule has 0 aliphatic heterocycles. The van der Waals surface area contributed by atoms with Crippen LogP contribution in [0.4, 0.5) is 5.82 Å². The third-order valence-corrected chi connectivity index (χ3v) is 2.71. The molecule has 2 rings (SSSR count). The van der Waals surface area contributed by atoms with E-state index in [2.05, 4.69) is 15.3 Å². The van der Waals surface area contributed by atoms with Crippen molar-refractivity contribution in [3.05, 3.63) is 47.8 Å². The normalized spacial score (nSPS) is 10.8. The van der Waals surface area contributed by atoms with Crippen molar-refractivity contribution >= 4 is 17.8 Å². The fraction of sp³-hybridized carbons (Fsp3) is 0.267. The molecule has 6 heteroatoms. The Morgan fingerprint density at radius 3 is 2.90 bits per heavy atom. The van der Waals surface area contributed by atoms with E-state index in [4.69, 9.17) is 4.42 Å². The summed E-state index contributed by atoms with van der Waals surface area (Å²) in [5.41, 5.74) is 0.865. The number of hydrogen-bond acceptors (Lipinski definition) is 5. The molecule has 0 fully saturated rings. The highest BCUT2D eigenvalue weighted by molar-refractivity contribution is 5.91. The topological polar surface area (TPSA) is 71.3 Å². The molecule has 0 radical (unpaired) electrons. The van der Waals surface area contributed by atoms with Crippen molar-refractivity contribution in [2.45, 2.75) is 13.5 Å². The van der Waals surface area contributed by atoms with Crippen molar-refractivity contribution in [3.8, 4) is 0 Å². The molecule has 2 aromatic heterocycles.